The molecule has 33 heavy (non-hydrogen) atoms. The SMILES string of the molecule is COc1cccc(Oc2ccc3[nH]nc(-c4nc5ccc(N6CCCCC6)cc5[nH]4)c3c2)c1. The second-order valence-corrected chi connectivity index (χ2v) is 8.40. The summed E-state index contributed by atoms with van der Waals surface area (Å²) in [6.45, 7) is 2.24. The van der Waals surface area contributed by atoms with Crippen molar-refractivity contribution >= 4 is 27.6 Å². The zero-order valence-corrected chi connectivity index (χ0v) is 18.5. The number of rotatable bonds is 5. The summed E-state index contributed by atoms with van der Waals surface area (Å²) in [5.41, 5.74) is 4.91. The molecule has 1 aliphatic heterocycles. The highest BCUT2D eigenvalue weighted by molar-refractivity contribution is 5.94. The number of H-pyrrole nitrogens is 2. The van der Waals surface area contributed by atoms with Crippen molar-refractivity contribution in [3.05, 3.63) is 60.7 Å². The maximum atomic E-state index is 6.07. The van der Waals surface area contributed by atoms with Crippen LogP contribution in [0, 0.1) is 0 Å². The van der Waals surface area contributed by atoms with Crippen molar-refractivity contribution in [3.8, 4) is 28.8 Å². The lowest BCUT2D eigenvalue weighted by Crippen LogP contribution is -2.29. The van der Waals surface area contributed by atoms with Crippen LogP contribution in [0.5, 0.6) is 17.2 Å². The van der Waals surface area contributed by atoms with Gasteiger partial charge in [0.2, 0.25) is 0 Å². The Balaban J connectivity index is 1.34. The molecule has 0 atom stereocenters. The van der Waals surface area contributed by atoms with E-state index < -0.39 is 0 Å². The Bertz CT molecular complexity index is 1430. The van der Waals surface area contributed by atoms with Gasteiger partial charge in [-0.15, -0.1) is 0 Å². The third-order valence-corrected chi connectivity index (χ3v) is 6.22. The van der Waals surface area contributed by atoms with Gasteiger partial charge in [-0.05, 0) is 67.8 Å². The number of anilines is 1. The molecule has 0 saturated carbocycles. The fraction of sp³-hybridized carbons (Fsp3) is 0.231. The molecule has 1 aliphatic rings. The summed E-state index contributed by atoms with van der Waals surface area (Å²) < 4.78 is 11.4. The number of aromatic nitrogens is 4. The molecule has 2 N–H and O–H groups in total. The zero-order valence-electron chi connectivity index (χ0n) is 18.5. The second-order valence-electron chi connectivity index (χ2n) is 8.40. The van der Waals surface area contributed by atoms with Crippen LogP contribution in [0.2, 0.25) is 0 Å². The number of piperidine rings is 1. The first-order valence-electron chi connectivity index (χ1n) is 11.3. The number of fused-ring (bicyclic) bond motifs is 2. The first kappa shape index (κ1) is 19.7. The highest BCUT2D eigenvalue weighted by atomic mass is 16.5. The van der Waals surface area contributed by atoms with Gasteiger partial charge in [-0.2, -0.15) is 5.10 Å². The van der Waals surface area contributed by atoms with Crippen LogP contribution in [-0.4, -0.2) is 40.4 Å². The quantitative estimate of drug-likeness (QED) is 0.357. The van der Waals surface area contributed by atoms with Crippen LogP contribution in [0.25, 0.3) is 33.5 Å². The maximum absolute atomic E-state index is 6.07. The molecule has 7 heteroatoms. The molecule has 3 heterocycles. The molecule has 2 aromatic heterocycles. The van der Waals surface area contributed by atoms with Crippen molar-refractivity contribution in [2.75, 3.05) is 25.1 Å². The molecule has 1 saturated heterocycles. The molecular weight excluding hydrogens is 414 g/mol. The van der Waals surface area contributed by atoms with Crippen LogP contribution in [0.15, 0.2) is 60.7 Å². The molecule has 0 bridgehead atoms. The van der Waals surface area contributed by atoms with Gasteiger partial charge in [0.25, 0.3) is 0 Å². The number of nitrogens with zero attached hydrogens (tertiary/aromatic N) is 3. The van der Waals surface area contributed by atoms with Gasteiger partial charge in [0.05, 0.1) is 23.7 Å². The first-order valence-corrected chi connectivity index (χ1v) is 11.3. The first-order chi connectivity index (χ1) is 16.3. The van der Waals surface area contributed by atoms with E-state index in [0.717, 1.165) is 58.0 Å². The van der Waals surface area contributed by atoms with Gasteiger partial charge in [-0.1, -0.05) is 6.07 Å². The molecule has 0 spiro atoms. The lowest BCUT2D eigenvalue weighted by atomic mass is 10.1. The average molecular weight is 440 g/mol. The summed E-state index contributed by atoms with van der Waals surface area (Å²) in [6, 6.07) is 19.9. The van der Waals surface area contributed by atoms with Gasteiger partial charge >= 0.3 is 0 Å². The fourth-order valence-corrected chi connectivity index (χ4v) is 4.50. The van der Waals surface area contributed by atoms with Crippen LogP contribution >= 0.6 is 0 Å². The monoisotopic (exact) mass is 439 g/mol. The molecule has 6 rings (SSSR count). The minimum atomic E-state index is 0.715. The van der Waals surface area contributed by atoms with Crippen LogP contribution in [0.3, 0.4) is 0 Å². The number of benzene rings is 3. The normalized spacial score (nSPS) is 14.2. The van der Waals surface area contributed by atoms with Gasteiger partial charge < -0.3 is 19.4 Å². The Morgan fingerprint density at radius 2 is 1.70 bits per heavy atom. The van der Waals surface area contributed by atoms with E-state index in [-0.39, 0.29) is 0 Å². The maximum Gasteiger partial charge on any atom is 0.159 e. The average Bonchev–Trinajstić information content (AvgIpc) is 3.48. The summed E-state index contributed by atoms with van der Waals surface area (Å²) in [4.78, 5) is 10.7. The predicted molar refractivity (Wildman–Crippen MR) is 130 cm³/mol. The van der Waals surface area contributed by atoms with Crippen molar-refractivity contribution in [2.45, 2.75) is 19.3 Å². The number of methoxy groups -OCH3 is 1. The van der Waals surface area contributed by atoms with Crippen LogP contribution in [0.4, 0.5) is 5.69 Å². The summed E-state index contributed by atoms with van der Waals surface area (Å²) in [5, 5.41) is 8.60. The summed E-state index contributed by atoms with van der Waals surface area (Å²) >= 11 is 0. The van der Waals surface area contributed by atoms with Crippen LogP contribution in [0.1, 0.15) is 19.3 Å². The number of imidazole rings is 1. The topological polar surface area (TPSA) is 79.1 Å². The lowest BCUT2D eigenvalue weighted by Gasteiger charge is -2.28. The molecule has 166 valence electrons. The summed E-state index contributed by atoms with van der Waals surface area (Å²) in [6.07, 6.45) is 3.83. The van der Waals surface area contributed by atoms with Gasteiger partial charge in [0.1, 0.15) is 22.9 Å². The Morgan fingerprint density at radius 1 is 0.848 bits per heavy atom. The Hall–Kier alpha value is -4.00. The molecule has 0 radical (unpaired) electrons. The minimum absolute atomic E-state index is 0.715. The third-order valence-electron chi connectivity index (χ3n) is 6.22. The fourth-order valence-electron chi connectivity index (χ4n) is 4.50. The Labute approximate surface area is 191 Å². The standard InChI is InChI=1S/C26H25N5O2/c1-32-18-6-5-7-19(15-18)33-20-9-11-22-21(16-20)25(30-29-22)26-27-23-10-8-17(14-24(23)28-26)31-12-3-2-4-13-31/h5-11,14-16H,2-4,12-13H2,1H3,(H,27,28)(H,29,30). The number of nitrogens with one attached hydrogen (secondary N) is 2. The van der Waals surface area contributed by atoms with E-state index in [0.29, 0.717) is 5.75 Å². The van der Waals surface area contributed by atoms with Gasteiger partial charge in [0, 0.05) is 30.2 Å². The van der Waals surface area contributed by atoms with Gasteiger partial charge in [-0.3, -0.25) is 5.10 Å². The Morgan fingerprint density at radius 3 is 2.58 bits per heavy atom. The second kappa shape index (κ2) is 8.16. The van der Waals surface area contributed by atoms with Crippen molar-refractivity contribution in [1.82, 2.24) is 20.2 Å². The van der Waals surface area contributed by atoms with Crippen LogP contribution in [-0.2, 0) is 0 Å². The molecule has 0 aliphatic carbocycles. The summed E-state index contributed by atoms with van der Waals surface area (Å²) in [5.74, 6) is 2.93. The van der Waals surface area contributed by atoms with Crippen molar-refractivity contribution in [2.24, 2.45) is 0 Å². The molecule has 7 nitrogen and oxygen atoms in total. The molecular formula is C26H25N5O2. The van der Waals surface area contributed by atoms with E-state index in [1.54, 1.807) is 7.11 Å². The minimum Gasteiger partial charge on any atom is -0.497 e. The van der Waals surface area contributed by atoms with E-state index in [1.807, 2.05) is 42.5 Å². The zero-order chi connectivity index (χ0) is 22.2. The van der Waals surface area contributed by atoms with E-state index in [9.17, 15) is 0 Å². The van der Waals surface area contributed by atoms with Crippen molar-refractivity contribution in [3.63, 3.8) is 0 Å². The lowest BCUT2D eigenvalue weighted by molar-refractivity contribution is 0.409. The molecule has 0 amide bonds. The van der Waals surface area contributed by atoms with Crippen molar-refractivity contribution < 1.29 is 9.47 Å². The molecule has 5 aromatic rings. The van der Waals surface area contributed by atoms with Gasteiger partial charge in [-0.25, -0.2) is 4.98 Å². The third kappa shape index (κ3) is 3.75. The van der Waals surface area contributed by atoms with E-state index >= 15 is 0 Å². The summed E-state index contributed by atoms with van der Waals surface area (Å²) in [7, 11) is 1.64. The molecule has 3 aromatic carbocycles. The van der Waals surface area contributed by atoms with E-state index in [2.05, 4.69) is 38.3 Å². The highest BCUT2D eigenvalue weighted by Gasteiger charge is 2.16. The van der Waals surface area contributed by atoms with E-state index in [1.165, 1.54) is 24.9 Å². The van der Waals surface area contributed by atoms with Crippen molar-refractivity contribution in [1.29, 1.82) is 0 Å². The van der Waals surface area contributed by atoms with Crippen LogP contribution < -0.4 is 14.4 Å². The number of hydrogen-bond donors (Lipinski definition) is 2. The number of aromatic amines is 2. The largest absolute Gasteiger partial charge is 0.497 e. The predicted octanol–water partition coefficient (Wildman–Crippen LogP) is 5.90. The smallest absolute Gasteiger partial charge is 0.159 e. The Kier molecular flexibility index (Phi) is 4.87. The molecule has 1 fully saturated rings. The van der Waals surface area contributed by atoms with Gasteiger partial charge in [0.15, 0.2) is 5.82 Å². The van der Waals surface area contributed by atoms with E-state index in [4.69, 9.17) is 14.5 Å². The number of ether oxygens (including phenoxy) is 2. The molecule has 0 unspecified atom stereocenters. The number of hydrogen-bond acceptors (Lipinski definition) is 5. The highest BCUT2D eigenvalue weighted by Crippen LogP contribution is 2.32.